The lowest BCUT2D eigenvalue weighted by molar-refractivity contribution is 0.104. The highest BCUT2D eigenvalue weighted by Gasteiger charge is 2.31. The van der Waals surface area contributed by atoms with E-state index in [-0.39, 0.29) is 11.3 Å². The molecule has 0 fully saturated rings. The summed E-state index contributed by atoms with van der Waals surface area (Å²) in [6.07, 6.45) is 1.37. The van der Waals surface area contributed by atoms with Gasteiger partial charge in [-0.1, -0.05) is 24.3 Å². The molecule has 0 saturated heterocycles. The number of carbonyl (C=O) groups is 1. The van der Waals surface area contributed by atoms with E-state index in [0.717, 1.165) is 11.1 Å². The Labute approximate surface area is 105 Å². The van der Waals surface area contributed by atoms with Crippen molar-refractivity contribution in [3.05, 3.63) is 51.4 Å². The topological polar surface area (TPSA) is 62.8 Å². The second-order valence-corrected chi connectivity index (χ2v) is 5.09. The zero-order valence-electron chi connectivity index (χ0n) is 9.06. The van der Waals surface area contributed by atoms with Crippen LogP contribution in [-0.2, 0) is 0 Å². The van der Waals surface area contributed by atoms with Gasteiger partial charge in [-0.25, -0.2) is 4.98 Å². The molecule has 0 atom stereocenters. The van der Waals surface area contributed by atoms with Gasteiger partial charge in [-0.2, -0.15) is 0 Å². The van der Waals surface area contributed by atoms with Gasteiger partial charge in [-0.3, -0.25) is 9.59 Å². The number of aromatic nitrogens is 2. The van der Waals surface area contributed by atoms with Crippen molar-refractivity contribution in [3.63, 3.8) is 0 Å². The molecule has 3 aromatic rings. The van der Waals surface area contributed by atoms with Gasteiger partial charge in [0, 0.05) is 11.1 Å². The molecule has 5 heteroatoms. The maximum atomic E-state index is 12.2. The molecule has 0 aliphatic heterocycles. The van der Waals surface area contributed by atoms with Crippen LogP contribution in [0.3, 0.4) is 0 Å². The molecule has 0 radical (unpaired) electrons. The summed E-state index contributed by atoms with van der Waals surface area (Å²) >= 11 is 1.28. The van der Waals surface area contributed by atoms with Gasteiger partial charge in [0.25, 0.3) is 5.56 Å². The predicted octanol–water partition coefficient (Wildman–Crippen LogP) is 2.20. The van der Waals surface area contributed by atoms with Crippen molar-refractivity contribution >= 4 is 27.3 Å². The van der Waals surface area contributed by atoms with Crippen LogP contribution in [0.4, 0.5) is 0 Å². The molecule has 1 aliphatic rings. The molecule has 4 rings (SSSR count). The van der Waals surface area contributed by atoms with Gasteiger partial charge >= 0.3 is 0 Å². The lowest BCUT2D eigenvalue weighted by atomic mass is 10.1. The van der Waals surface area contributed by atoms with E-state index in [0.29, 0.717) is 20.7 Å². The molecule has 86 valence electrons. The summed E-state index contributed by atoms with van der Waals surface area (Å²) in [5.74, 6) is -0.0111. The van der Waals surface area contributed by atoms with Gasteiger partial charge in [0.05, 0.1) is 16.6 Å². The maximum absolute atomic E-state index is 12.2. The number of carbonyl (C=O) groups excluding carboxylic acids is 1. The zero-order chi connectivity index (χ0) is 12.3. The molecular weight excluding hydrogens is 248 g/mol. The van der Waals surface area contributed by atoms with E-state index in [9.17, 15) is 9.59 Å². The van der Waals surface area contributed by atoms with Crippen LogP contribution >= 0.6 is 11.3 Å². The van der Waals surface area contributed by atoms with Crippen LogP contribution in [-0.4, -0.2) is 15.8 Å². The van der Waals surface area contributed by atoms with Gasteiger partial charge in [0.2, 0.25) is 5.78 Å². The van der Waals surface area contributed by atoms with Crippen LogP contribution in [0, 0.1) is 0 Å². The van der Waals surface area contributed by atoms with E-state index in [4.69, 9.17) is 0 Å². The van der Waals surface area contributed by atoms with E-state index in [2.05, 4.69) is 9.97 Å². The van der Waals surface area contributed by atoms with E-state index in [1.165, 1.54) is 17.7 Å². The van der Waals surface area contributed by atoms with Crippen molar-refractivity contribution in [3.8, 4) is 11.1 Å². The van der Waals surface area contributed by atoms with Crippen LogP contribution < -0.4 is 5.56 Å². The third-order valence-electron chi connectivity index (χ3n) is 3.14. The number of hydrogen-bond donors (Lipinski definition) is 1. The molecule has 2 heterocycles. The van der Waals surface area contributed by atoms with Crippen LogP contribution in [0.15, 0.2) is 35.4 Å². The normalized spacial score (nSPS) is 12.8. The minimum atomic E-state index is -0.193. The molecule has 4 nitrogen and oxygen atoms in total. The minimum Gasteiger partial charge on any atom is -0.313 e. The van der Waals surface area contributed by atoms with Gasteiger partial charge in [0.15, 0.2) is 0 Å². The van der Waals surface area contributed by atoms with Crippen LogP contribution in [0.2, 0.25) is 0 Å². The van der Waals surface area contributed by atoms with Crippen molar-refractivity contribution in [1.82, 2.24) is 9.97 Å². The second-order valence-electron chi connectivity index (χ2n) is 4.09. The Morgan fingerprint density at radius 3 is 2.72 bits per heavy atom. The average Bonchev–Trinajstić information content (AvgIpc) is 2.89. The fourth-order valence-electron chi connectivity index (χ4n) is 2.38. The monoisotopic (exact) mass is 254 g/mol. The third kappa shape index (κ3) is 1.02. The average molecular weight is 254 g/mol. The van der Waals surface area contributed by atoms with E-state index in [1.807, 2.05) is 18.2 Å². The van der Waals surface area contributed by atoms with Crippen molar-refractivity contribution in [2.45, 2.75) is 0 Å². The summed E-state index contributed by atoms with van der Waals surface area (Å²) in [7, 11) is 0. The number of aromatic amines is 1. The molecule has 1 aromatic carbocycles. The molecule has 1 aliphatic carbocycles. The molecule has 2 aromatic heterocycles. The molecule has 18 heavy (non-hydrogen) atoms. The maximum Gasteiger partial charge on any atom is 0.260 e. The van der Waals surface area contributed by atoms with Gasteiger partial charge < -0.3 is 4.98 Å². The molecular formula is C13H6N2O2S. The van der Waals surface area contributed by atoms with Crippen molar-refractivity contribution < 1.29 is 4.79 Å². The fourth-order valence-corrected chi connectivity index (χ4v) is 3.49. The summed E-state index contributed by atoms with van der Waals surface area (Å²) in [4.78, 5) is 32.1. The quantitative estimate of drug-likeness (QED) is 0.523. The first-order valence-electron chi connectivity index (χ1n) is 5.41. The smallest absolute Gasteiger partial charge is 0.260 e. The Bertz CT molecular complexity index is 876. The fraction of sp³-hybridized carbons (Fsp3) is 0. The van der Waals surface area contributed by atoms with E-state index < -0.39 is 0 Å². The number of thiophene rings is 1. The Kier molecular flexibility index (Phi) is 1.70. The molecule has 0 spiro atoms. The largest absolute Gasteiger partial charge is 0.313 e. The van der Waals surface area contributed by atoms with Crippen LogP contribution in [0.5, 0.6) is 0 Å². The molecule has 0 unspecified atom stereocenters. The number of nitrogens with zero attached hydrogens (tertiary/aromatic N) is 1. The number of ketones is 1. The summed E-state index contributed by atoms with van der Waals surface area (Å²) in [5, 5.41) is 0.524. The summed E-state index contributed by atoms with van der Waals surface area (Å²) in [6.45, 7) is 0. The van der Waals surface area contributed by atoms with Crippen molar-refractivity contribution in [1.29, 1.82) is 0 Å². The molecule has 1 N–H and O–H groups in total. The standard InChI is InChI=1S/C13H6N2O2S/c16-10-7-4-2-1-3-6(7)8-9-12(17)14-5-15-13(9)18-11(8)10/h1-5H,(H,14,15,17). The van der Waals surface area contributed by atoms with Crippen molar-refractivity contribution in [2.75, 3.05) is 0 Å². The van der Waals surface area contributed by atoms with Crippen LogP contribution in [0.1, 0.15) is 15.2 Å². The number of fused-ring (bicyclic) bond motifs is 5. The number of H-pyrrole nitrogens is 1. The highest BCUT2D eigenvalue weighted by atomic mass is 32.1. The van der Waals surface area contributed by atoms with Crippen LogP contribution in [0.25, 0.3) is 21.3 Å². The number of hydrogen-bond acceptors (Lipinski definition) is 4. The second kappa shape index (κ2) is 3.14. The number of rotatable bonds is 0. The predicted molar refractivity (Wildman–Crippen MR) is 69.1 cm³/mol. The Balaban J connectivity index is 2.27. The van der Waals surface area contributed by atoms with E-state index >= 15 is 0 Å². The Hall–Kier alpha value is -2.27. The first-order valence-corrected chi connectivity index (χ1v) is 6.23. The lowest BCUT2D eigenvalue weighted by Crippen LogP contribution is -2.05. The molecule has 0 bridgehead atoms. The Morgan fingerprint density at radius 1 is 1.11 bits per heavy atom. The van der Waals surface area contributed by atoms with Gasteiger partial charge in [-0.15, -0.1) is 11.3 Å². The summed E-state index contributed by atoms with van der Waals surface area (Å²) in [6, 6.07) is 7.37. The first-order chi connectivity index (χ1) is 8.77. The summed E-state index contributed by atoms with van der Waals surface area (Å²) in [5.41, 5.74) is 2.05. The van der Waals surface area contributed by atoms with Crippen molar-refractivity contribution in [2.24, 2.45) is 0 Å². The Morgan fingerprint density at radius 2 is 1.89 bits per heavy atom. The number of nitrogens with one attached hydrogen (secondary N) is 1. The number of benzene rings is 1. The van der Waals surface area contributed by atoms with E-state index in [1.54, 1.807) is 6.07 Å². The lowest BCUT2D eigenvalue weighted by Gasteiger charge is -1.97. The third-order valence-corrected chi connectivity index (χ3v) is 4.24. The first kappa shape index (κ1) is 9.73. The van der Waals surface area contributed by atoms with Gasteiger partial charge in [-0.05, 0) is 5.56 Å². The minimum absolute atomic E-state index is 0.0111. The SMILES string of the molecule is O=C1c2ccccc2-c2c1sc1nc[nH]c(=O)c21. The summed E-state index contributed by atoms with van der Waals surface area (Å²) < 4.78 is 0. The highest BCUT2D eigenvalue weighted by molar-refractivity contribution is 7.21. The van der Waals surface area contributed by atoms with Gasteiger partial charge in [0.1, 0.15) is 4.83 Å². The zero-order valence-corrected chi connectivity index (χ0v) is 9.88. The molecule has 0 saturated carbocycles. The molecule has 0 amide bonds. The highest BCUT2D eigenvalue weighted by Crippen LogP contribution is 2.44.